The molecule has 0 aliphatic heterocycles. The van der Waals surface area contributed by atoms with Crippen molar-refractivity contribution in [2.45, 2.75) is 19.3 Å². The van der Waals surface area contributed by atoms with Crippen molar-refractivity contribution in [3.63, 3.8) is 0 Å². The summed E-state index contributed by atoms with van der Waals surface area (Å²) in [5.41, 5.74) is 2.76. The molecule has 0 saturated heterocycles. The van der Waals surface area contributed by atoms with Gasteiger partial charge in [0, 0.05) is 5.56 Å². The van der Waals surface area contributed by atoms with Crippen LogP contribution in [-0.4, -0.2) is 15.9 Å². The molecule has 0 spiro atoms. The molecule has 0 bridgehead atoms. The number of aromatic nitrogens is 2. The topological polar surface area (TPSA) is 56.2 Å². The van der Waals surface area contributed by atoms with Crippen LogP contribution in [0.2, 0.25) is 0 Å². The highest BCUT2D eigenvalue weighted by Gasteiger charge is 2.36. The second-order valence-electron chi connectivity index (χ2n) is 4.63. The lowest BCUT2D eigenvalue weighted by Gasteiger charge is -2.13. The lowest BCUT2D eigenvalue weighted by atomic mass is 10.0. The van der Waals surface area contributed by atoms with E-state index in [1.54, 1.807) is 6.92 Å². The van der Waals surface area contributed by atoms with Gasteiger partial charge in [0.25, 0.3) is 0 Å². The number of rotatable bonds is 2. The number of nitrogens with two attached hydrogens (primary N) is 1. The molecule has 0 saturated carbocycles. The Morgan fingerprint density at radius 1 is 1.13 bits per heavy atom. The highest BCUT2D eigenvalue weighted by molar-refractivity contribution is 5.82. The molecule has 2 aromatic rings. The summed E-state index contributed by atoms with van der Waals surface area (Å²) >= 11 is 0. The van der Waals surface area contributed by atoms with Crippen LogP contribution in [0.4, 0.5) is 32.3 Å². The van der Waals surface area contributed by atoms with E-state index in [9.17, 15) is 26.3 Å². The highest BCUT2D eigenvalue weighted by Crippen LogP contribution is 2.35. The number of benzene rings is 1. The molecule has 124 valence electrons. The van der Waals surface area contributed by atoms with Crippen molar-refractivity contribution in [3.8, 4) is 0 Å². The van der Waals surface area contributed by atoms with Gasteiger partial charge in [0.05, 0.1) is 29.2 Å². The smallest absolute Gasteiger partial charge is 0.368 e. The molecule has 1 aromatic heterocycles. The zero-order chi connectivity index (χ0) is 17.4. The lowest BCUT2D eigenvalue weighted by molar-refractivity contribution is -0.141. The Morgan fingerprint density at radius 3 is 2.26 bits per heavy atom. The Labute approximate surface area is 126 Å². The van der Waals surface area contributed by atoms with Gasteiger partial charge in [-0.1, -0.05) is 0 Å². The fourth-order valence-electron chi connectivity index (χ4n) is 1.82. The van der Waals surface area contributed by atoms with Gasteiger partial charge in [-0.3, -0.25) is 0 Å². The number of nitrogen functional groups attached to an aromatic ring is 1. The van der Waals surface area contributed by atoms with Crippen molar-refractivity contribution in [1.29, 1.82) is 0 Å². The van der Waals surface area contributed by atoms with E-state index in [0.29, 0.717) is 30.1 Å². The maximum absolute atomic E-state index is 12.9. The van der Waals surface area contributed by atoms with Crippen molar-refractivity contribution in [2.75, 3.05) is 5.73 Å². The van der Waals surface area contributed by atoms with Crippen LogP contribution in [0.25, 0.3) is 0 Å². The Kier molecular flexibility index (Phi) is 4.10. The first kappa shape index (κ1) is 16.8. The van der Waals surface area contributed by atoms with Crippen LogP contribution in [-0.2, 0) is 12.4 Å². The van der Waals surface area contributed by atoms with Crippen molar-refractivity contribution in [1.82, 2.24) is 9.66 Å². The van der Waals surface area contributed by atoms with Crippen LogP contribution in [0, 0.1) is 6.92 Å². The molecule has 0 atom stereocenters. The Hall–Kier alpha value is -2.52. The quantitative estimate of drug-likeness (QED) is 0.672. The summed E-state index contributed by atoms with van der Waals surface area (Å²) in [6, 6.07) is 1.12. The number of aryl methyl sites for hydroxylation is 1. The van der Waals surface area contributed by atoms with Gasteiger partial charge in [-0.05, 0) is 25.1 Å². The molecular weight excluding hydrogens is 326 g/mol. The first-order chi connectivity index (χ1) is 10.5. The maximum Gasteiger partial charge on any atom is 0.417 e. The van der Waals surface area contributed by atoms with Crippen LogP contribution >= 0.6 is 0 Å². The van der Waals surface area contributed by atoms with Gasteiger partial charge in [-0.15, -0.1) is 0 Å². The third kappa shape index (κ3) is 3.82. The molecule has 10 heteroatoms. The summed E-state index contributed by atoms with van der Waals surface area (Å²) in [6.45, 7) is 1.58. The van der Waals surface area contributed by atoms with Crippen LogP contribution in [0.1, 0.15) is 22.4 Å². The number of halogens is 6. The first-order valence-corrected chi connectivity index (χ1v) is 6.13. The SMILES string of the molecule is Cc1cn(N=Cc2cc(C(F)(F)F)ccc2C(F)(F)F)c(N)n1. The number of nitrogens with zero attached hydrogens (tertiary/aromatic N) is 3. The molecule has 0 fully saturated rings. The average Bonchev–Trinajstić information content (AvgIpc) is 2.72. The van der Waals surface area contributed by atoms with Gasteiger partial charge < -0.3 is 5.73 Å². The van der Waals surface area contributed by atoms with Gasteiger partial charge in [-0.2, -0.15) is 31.4 Å². The molecule has 1 aromatic carbocycles. The number of hydrogen-bond donors (Lipinski definition) is 1. The summed E-state index contributed by atoms with van der Waals surface area (Å²) in [4.78, 5) is 3.78. The standard InChI is InChI=1S/C13H10F6N4/c1-7-6-23(11(20)22-7)21-5-8-4-9(12(14,15)16)2-3-10(8)13(17,18)19/h2-6H,1H3,(H2,20,22). The van der Waals surface area contributed by atoms with E-state index in [0.717, 1.165) is 4.68 Å². The van der Waals surface area contributed by atoms with Crippen molar-refractivity contribution >= 4 is 12.2 Å². The van der Waals surface area contributed by atoms with Crippen LogP contribution < -0.4 is 5.73 Å². The maximum atomic E-state index is 12.9. The zero-order valence-electron chi connectivity index (χ0n) is 11.6. The summed E-state index contributed by atoms with van der Waals surface area (Å²) in [6.07, 6.45) is -7.60. The number of hydrogen-bond acceptors (Lipinski definition) is 3. The predicted octanol–water partition coefficient (Wildman–Crippen LogP) is 3.69. The van der Waals surface area contributed by atoms with Crippen molar-refractivity contribution < 1.29 is 26.3 Å². The second-order valence-corrected chi connectivity index (χ2v) is 4.63. The van der Waals surface area contributed by atoms with Crippen LogP contribution in [0.15, 0.2) is 29.5 Å². The average molecular weight is 336 g/mol. The minimum atomic E-state index is -4.82. The normalized spacial score (nSPS) is 13.0. The largest absolute Gasteiger partial charge is 0.417 e. The van der Waals surface area contributed by atoms with E-state index >= 15 is 0 Å². The molecule has 1 heterocycles. The molecule has 0 radical (unpaired) electrons. The lowest BCUT2D eigenvalue weighted by Crippen LogP contribution is -2.12. The van der Waals surface area contributed by atoms with Crippen LogP contribution in [0.5, 0.6) is 0 Å². The Morgan fingerprint density at radius 2 is 1.78 bits per heavy atom. The first-order valence-electron chi connectivity index (χ1n) is 6.13. The molecule has 0 aliphatic carbocycles. The third-order valence-corrected chi connectivity index (χ3v) is 2.84. The monoisotopic (exact) mass is 336 g/mol. The number of anilines is 1. The minimum absolute atomic E-state index is 0.0979. The Balaban J connectivity index is 2.51. The fourth-order valence-corrected chi connectivity index (χ4v) is 1.82. The molecule has 2 N–H and O–H groups in total. The van der Waals surface area contributed by atoms with E-state index in [1.807, 2.05) is 0 Å². The summed E-state index contributed by atoms with van der Waals surface area (Å²) in [7, 11) is 0. The van der Waals surface area contributed by atoms with E-state index in [1.165, 1.54) is 6.20 Å². The van der Waals surface area contributed by atoms with Crippen molar-refractivity contribution in [3.05, 3.63) is 46.8 Å². The second kappa shape index (κ2) is 5.60. The molecular formula is C13H10F6N4. The molecule has 4 nitrogen and oxygen atoms in total. The molecule has 0 unspecified atom stereocenters. The molecule has 2 rings (SSSR count). The Bertz CT molecular complexity index is 742. The van der Waals surface area contributed by atoms with Gasteiger partial charge >= 0.3 is 12.4 Å². The minimum Gasteiger partial charge on any atom is -0.368 e. The summed E-state index contributed by atoms with van der Waals surface area (Å²) in [5, 5.41) is 3.63. The van der Waals surface area contributed by atoms with Crippen molar-refractivity contribution in [2.24, 2.45) is 5.10 Å². The number of imidazole rings is 1. The van der Waals surface area contributed by atoms with Gasteiger partial charge in [0.2, 0.25) is 5.95 Å². The number of alkyl halides is 6. The molecule has 23 heavy (non-hydrogen) atoms. The van der Waals surface area contributed by atoms with E-state index < -0.39 is 29.0 Å². The predicted molar refractivity (Wildman–Crippen MR) is 70.8 cm³/mol. The summed E-state index contributed by atoms with van der Waals surface area (Å²) < 4.78 is 77.7. The van der Waals surface area contributed by atoms with Gasteiger partial charge in [0.1, 0.15) is 0 Å². The zero-order valence-corrected chi connectivity index (χ0v) is 11.6. The summed E-state index contributed by atoms with van der Waals surface area (Å²) in [5.74, 6) is -0.0979. The van der Waals surface area contributed by atoms with Gasteiger partial charge in [0.15, 0.2) is 0 Å². The molecule has 0 amide bonds. The van der Waals surface area contributed by atoms with E-state index in [4.69, 9.17) is 5.73 Å². The van der Waals surface area contributed by atoms with Crippen LogP contribution in [0.3, 0.4) is 0 Å². The van der Waals surface area contributed by atoms with E-state index in [-0.39, 0.29) is 5.95 Å². The van der Waals surface area contributed by atoms with E-state index in [2.05, 4.69) is 10.1 Å². The molecule has 0 aliphatic rings. The third-order valence-electron chi connectivity index (χ3n) is 2.84. The fraction of sp³-hybridized carbons (Fsp3) is 0.231. The highest BCUT2D eigenvalue weighted by atomic mass is 19.4. The van der Waals surface area contributed by atoms with Gasteiger partial charge in [-0.25, -0.2) is 9.66 Å².